The summed E-state index contributed by atoms with van der Waals surface area (Å²) in [7, 11) is 1.49. The van der Waals surface area contributed by atoms with Crippen molar-refractivity contribution in [2.75, 3.05) is 20.3 Å². The lowest BCUT2D eigenvalue weighted by atomic mass is 10.0. The van der Waals surface area contributed by atoms with E-state index in [9.17, 15) is 14.4 Å². The highest BCUT2D eigenvalue weighted by atomic mass is 32.2. The Hall–Kier alpha value is -2.59. The lowest BCUT2D eigenvalue weighted by Crippen LogP contribution is -2.51. The molecule has 1 aromatic rings. The zero-order valence-corrected chi connectivity index (χ0v) is 14.7. The van der Waals surface area contributed by atoms with Crippen LogP contribution in [0.4, 0.5) is 0 Å². The van der Waals surface area contributed by atoms with Gasteiger partial charge in [0.15, 0.2) is 0 Å². The quantitative estimate of drug-likeness (QED) is 0.587. The van der Waals surface area contributed by atoms with Crippen LogP contribution in [0.15, 0.2) is 22.7 Å². The van der Waals surface area contributed by atoms with E-state index in [0.717, 1.165) is 5.69 Å². The SMILES string of the molecule is COCC(=O)N1CCn2nc(C=C3C(=O)N4C(C(=O)O)=CS[C@H]34)cc2C1. The largest absolute Gasteiger partial charge is 0.477 e. The van der Waals surface area contributed by atoms with Crippen molar-refractivity contribution in [1.82, 2.24) is 19.6 Å². The van der Waals surface area contributed by atoms with E-state index >= 15 is 0 Å². The minimum Gasteiger partial charge on any atom is -0.477 e. The summed E-state index contributed by atoms with van der Waals surface area (Å²) in [5, 5.41) is 14.8. The van der Waals surface area contributed by atoms with Gasteiger partial charge < -0.3 is 14.7 Å². The van der Waals surface area contributed by atoms with Gasteiger partial charge in [-0.2, -0.15) is 5.10 Å². The number of nitrogens with zero attached hydrogens (tertiary/aromatic N) is 4. The third-order valence-electron chi connectivity index (χ3n) is 4.49. The number of β-lactam (4-membered cyclic amide) rings is 1. The number of carboxylic acid groups (broad SMARTS) is 1. The number of fused-ring (bicyclic) bond motifs is 2. The molecule has 3 aliphatic rings. The molecule has 0 bridgehead atoms. The highest BCUT2D eigenvalue weighted by molar-refractivity contribution is 8.03. The van der Waals surface area contributed by atoms with Crippen molar-refractivity contribution in [3.63, 3.8) is 0 Å². The summed E-state index contributed by atoms with van der Waals surface area (Å²) in [6.45, 7) is 1.63. The normalized spacial score (nSPS) is 22.8. The number of hydrogen-bond donors (Lipinski definition) is 1. The Balaban J connectivity index is 1.50. The van der Waals surface area contributed by atoms with E-state index < -0.39 is 5.97 Å². The van der Waals surface area contributed by atoms with Crippen LogP contribution in [0, 0.1) is 0 Å². The first-order valence-electron chi connectivity index (χ1n) is 7.97. The zero-order chi connectivity index (χ0) is 18.4. The first kappa shape index (κ1) is 16.9. The number of carboxylic acids is 1. The van der Waals surface area contributed by atoms with Gasteiger partial charge in [0.05, 0.1) is 30.1 Å². The average Bonchev–Trinajstić information content (AvgIpc) is 3.20. The summed E-state index contributed by atoms with van der Waals surface area (Å²) < 4.78 is 6.71. The molecule has 0 saturated carbocycles. The third kappa shape index (κ3) is 2.61. The Bertz CT molecular complexity index is 874. The number of methoxy groups -OCH3 is 1. The first-order chi connectivity index (χ1) is 12.5. The van der Waals surface area contributed by atoms with E-state index in [-0.39, 0.29) is 29.5 Å². The van der Waals surface area contributed by atoms with Gasteiger partial charge in [0, 0.05) is 19.1 Å². The molecule has 1 atom stereocenters. The highest BCUT2D eigenvalue weighted by Gasteiger charge is 2.49. The molecule has 0 unspecified atom stereocenters. The molecule has 0 aliphatic carbocycles. The number of hydrogen-bond acceptors (Lipinski definition) is 6. The standard InChI is InChI=1S/C16H16N4O5S/c1-25-7-13(21)18-2-3-19-10(6-18)4-9(17-19)5-11-14(22)20-12(16(23)24)8-26-15(11)20/h4-5,8,15H,2-3,6-7H2,1H3,(H,23,24)/t15-/m1/s1. The molecule has 0 spiro atoms. The van der Waals surface area contributed by atoms with Gasteiger partial charge in [0.25, 0.3) is 5.91 Å². The summed E-state index contributed by atoms with van der Waals surface area (Å²) in [6, 6.07) is 1.85. The summed E-state index contributed by atoms with van der Waals surface area (Å²) in [6.07, 6.45) is 1.70. The van der Waals surface area contributed by atoms with Crippen LogP contribution in [-0.2, 0) is 32.2 Å². The molecular weight excluding hydrogens is 360 g/mol. The van der Waals surface area contributed by atoms with Gasteiger partial charge in [-0.15, -0.1) is 11.8 Å². The number of carbonyl (C=O) groups is 3. The van der Waals surface area contributed by atoms with Crippen molar-refractivity contribution >= 4 is 35.6 Å². The maximum atomic E-state index is 12.3. The number of aromatic nitrogens is 2. The lowest BCUT2D eigenvalue weighted by molar-refractivity contribution is -0.141. The molecule has 1 fully saturated rings. The maximum Gasteiger partial charge on any atom is 0.353 e. The second kappa shape index (κ2) is 6.29. The van der Waals surface area contributed by atoms with Crippen LogP contribution in [0.3, 0.4) is 0 Å². The third-order valence-corrected chi connectivity index (χ3v) is 5.58. The molecule has 26 heavy (non-hydrogen) atoms. The molecule has 4 heterocycles. The smallest absolute Gasteiger partial charge is 0.353 e. The second-order valence-corrected chi connectivity index (χ2v) is 7.06. The molecule has 9 nitrogen and oxygen atoms in total. The van der Waals surface area contributed by atoms with Gasteiger partial charge >= 0.3 is 5.97 Å². The number of carbonyl (C=O) groups excluding carboxylic acids is 2. The predicted octanol–water partition coefficient (Wildman–Crippen LogP) is 0.0962. The van der Waals surface area contributed by atoms with Gasteiger partial charge in [-0.3, -0.25) is 19.2 Å². The fourth-order valence-electron chi connectivity index (χ4n) is 3.21. The summed E-state index contributed by atoms with van der Waals surface area (Å²) in [5.74, 6) is -1.48. The minimum absolute atomic E-state index is 0.0126. The van der Waals surface area contributed by atoms with E-state index in [1.807, 2.05) is 10.7 Å². The van der Waals surface area contributed by atoms with Crippen molar-refractivity contribution in [2.24, 2.45) is 0 Å². The van der Waals surface area contributed by atoms with E-state index in [1.165, 1.54) is 29.2 Å². The Morgan fingerprint density at radius 3 is 3.00 bits per heavy atom. The Morgan fingerprint density at radius 1 is 1.46 bits per heavy atom. The maximum absolute atomic E-state index is 12.3. The Morgan fingerprint density at radius 2 is 2.27 bits per heavy atom. The Kier molecular flexibility index (Phi) is 4.08. The topological polar surface area (TPSA) is 105 Å². The number of aliphatic carboxylic acids is 1. The summed E-state index contributed by atoms with van der Waals surface area (Å²) in [4.78, 5) is 38.3. The van der Waals surface area contributed by atoms with Crippen molar-refractivity contribution in [1.29, 1.82) is 0 Å². The van der Waals surface area contributed by atoms with Gasteiger partial charge in [-0.05, 0) is 12.1 Å². The van der Waals surface area contributed by atoms with Crippen molar-refractivity contribution in [2.45, 2.75) is 18.5 Å². The molecule has 0 radical (unpaired) electrons. The molecular formula is C16H16N4O5S. The number of ether oxygens (including phenoxy) is 1. The van der Waals surface area contributed by atoms with E-state index in [1.54, 1.807) is 11.0 Å². The predicted molar refractivity (Wildman–Crippen MR) is 91.4 cm³/mol. The number of thioether (sulfide) groups is 1. The minimum atomic E-state index is -1.11. The zero-order valence-electron chi connectivity index (χ0n) is 13.9. The van der Waals surface area contributed by atoms with Crippen LogP contribution >= 0.6 is 11.8 Å². The van der Waals surface area contributed by atoms with Crippen LogP contribution in [0.1, 0.15) is 11.4 Å². The van der Waals surface area contributed by atoms with Crippen LogP contribution < -0.4 is 0 Å². The fourth-order valence-corrected chi connectivity index (χ4v) is 4.33. The Labute approximate surface area is 152 Å². The monoisotopic (exact) mass is 376 g/mol. The lowest BCUT2D eigenvalue weighted by Gasteiger charge is -2.36. The molecule has 2 amide bonds. The van der Waals surface area contributed by atoms with Crippen LogP contribution in [0.5, 0.6) is 0 Å². The molecule has 1 N–H and O–H groups in total. The van der Waals surface area contributed by atoms with Crippen LogP contribution in [0.25, 0.3) is 6.08 Å². The molecule has 136 valence electrons. The molecule has 1 aromatic heterocycles. The van der Waals surface area contributed by atoms with Gasteiger partial charge in [-0.1, -0.05) is 0 Å². The van der Waals surface area contributed by atoms with Gasteiger partial charge in [0.1, 0.15) is 17.7 Å². The van der Waals surface area contributed by atoms with Crippen LogP contribution in [0.2, 0.25) is 0 Å². The van der Waals surface area contributed by atoms with E-state index in [0.29, 0.717) is 30.9 Å². The molecule has 10 heteroatoms. The van der Waals surface area contributed by atoms with Gasteiger partial charge in [-0.25, -0.2) is 4.79 Å². The molecule has 3 aliphatic heterocycles. The first-order valence-corrected chi connectivity index (χ1v) is 8.91. The molecule has 1 saturated heterocycles. The van der Waals surface area contributed by atoms with Crippen molar-refractivity contribution in [3.05, 3.63) is 34.1 Å². The van der Waals surface area contributed by atoms with E-state index in [4.69, 9.17) is 9.84 Å². The van der Waals surface area contributed by atoms with Crippen LogP contribution in [-0.4, -0.2) is 68.1 Å². The van der Waals surface area contributed by atoms with Gasteiger partial charge in [0.2, 0.25) is 5.91 Å². The van der Waals surface area contributed by atoms with Crippen molar-refractivity contribution < 1.29 is 24.2 Å². The average molecular weight is 376 g/mol. The van der Waals surface area contributed by atoms with Crippen molar-refractivity contribution in [3.8, 4) is 0 Å². The molecule has 0 aromatic carbocycles. The summed E-state index contributed by atoms with van der Waals surface area (Å²) in [5.41, 5.74) is 2.07. The fraction of sp³-hybridized carbons (Fsp3) is 0.375. The number of rotatable bonds is 4. The summed E-state index contributed by atoms with van der Waals surface area (Å²) >= 11 is 1.30. The highest BCUT2D eigenvalue weighted by Crippen LogP contribution is 2.45. The second-order valence-electron chi connectivity index (χ2n) is 6.10. The van der Waals surface area contributed by atoms with E-state index in [2.05, 4.69) is 5.10 Å². The molecule has 4 rings (SSSR count). The number of amides is 2.